The summed E-state index contributed by atoms with van der Waals surface area (Å²) >= 11 is 0. The number of aliphatic imine (C=N–C) groups is 1. The van der Waals surface area contributed by atoms with Gasteiger partial charge >= 0.3 is 0 Å². The molecule has 1 atom stereocenters. The molecule has 0 aliphatic rings. The predicted molar refractivity (Wildman–Crippen MR) is 96.0 cm³/mol. The fourth-order valence-corrected chi connectivity index (χ4v) is 1.95. The zero-order chi connectivity index (χ0) is 14.8. The van der Waals surface area contributed by atoms with Crippen LogP contribution in [0.15, 0.2) is 9.52 Å². The van der Waals surface area contributed by atoms with Gasteiger partial charge in [0, 0.05) is 13.1 Å². The van der Waals surface area contributed by atoms with Gasteiger partial charge in [-0.2, -0.15) is 4.98 Å². The minimum absolute atomic E-state index is 0. The second-order valence-corrected chi connectivity index (χ2v) is 5.06. The second kappa shape index (κ2) is 11.8. The molecule has 7 heteroatoms. The van der Waals surface area contributed by atoms with Crippen molar-refractivity contribution in [3.8, 4) is 0 Å². The summed E-state index contributed by atoms with van der Waals surface area (Å²) in [5.74, 6) is 1.99. The number of aryl methyl sites for hydroxylation is 1. The van der Waals surface area contributed by atoms with Crippen LogP contribution in [0.5, 0.6) is 0 Å². The summed E-state index contributed by atoms with van der Waals surface area (Å²) in [4.78, 5) is 8.34. The Kier molecular flexibility index (Phi) is 11.3. The van der Waals surface area contributed by atoms with Crippen molar-refractivity contribution in [2.24, 2.45) is 4.99 Å². The summed E-state index contributed by atoms with van der Waals surface area (Å²) in [6.45, 7) is 6.70. The average molecular weight is 409 g/mol. The van der Waals surface area contributed by atoms with Crippen LogP contribution in [-0.2, 0) is 6.54 Å². The highest BCUT2D eigenvalue weighted by molar-refractivity contribution is 14.0. The largest absolute Gasteiger partial charge is 0.354 e. The third kappa shape index (κ3) is 8.90. The van der Waals surface area contributed by atoms with Crippen LogP contribution in [0, 0.1) is 6.92 Å². The van der Waals surface area contributed by atoms with Gasteiger partial charge in [-0.05, 0) is 20.3 Å². The van der Waals surface area contributed by atoms with E-state index in [1.54, 1.807) is 14.0 Å². The van der Waals surface area contributed by atoms with Crippen LogP contribution in [0.1, 0.15) is 57.7 Å². The molecule has 0 spiro atoms. The lowest BCUT2D eigenvalue weighted by Gasteiger charge is -2.17. The Morgan fingerprint density at radius 3 is 2.67 bits per heavy atom. The van der Waals surface area contributed by atoms with Gasteiger partial charge in [0.25, 0.3) is 0 Å². The van der Waals surface area contributed by atoms with Crippen LogP contribution in [0.4, 0.5) is 0 Å². The number of halogens is 1. The normalized spacial score (nSPS) is 12.7. The van der Waals surface area contributed by atoms with Crippen LogP contribution in [0.2, 0.25) is 0 Å². The average Bonchev–Trinajstić information content (AvgIpc) is 2.85. The molecular formula is C14H28IN5O. The summed E-state index contributed by atoms with van der Waals surface area (Å²) in [6, 6.07) is 0.405. The van der Waals surface area contributed by atoms with Crippen molar-refractivity contribution in [1.82, 2.24) is 20.8 Å². The monoisotopic (exact) mass is 409 g/mol. The van der Waals surface area contributed by atoms with Crippen LogP contribution < -0.4 is 10.6 Å². The smallest absolute Gasteiger partial charge is 0.246 e. The van der Waals surface area contributed by atoms with Gasteiger partial charge in [-0.3, -0.25) is 4.99 Å². The maximum absolute atomic E-state index is 5.05. The van der Waals surface area contributed by atoms with Crippen LogP contribution in [0.3, 0.4) is 0 Å². The summed E-state index contributed by atoms with van der Waals surface area (Å²) < 4.78 is 5.05. The fourth-order valence-electron chi connectivity index (χ4n) is 1.95. The lowest BCUT2D eigenvalue weighted by molar-refractivity contribution is 0.371. The highest BCUT2D eigenvalue weighted by Gasteiger charge is 2.07. The molecule has 1 heterocycles. The van der Waals surface area contributed by atoms with E-state index in [0.717, 1.165) is 12.4 Å². The highest BCUT2D eigenvalue weighted by Crippen LogP contribution is 2.05. The topological polar surface area (TPSA) is 75.3 Å². The van der Waals surface area contributed by atoms with Gasteiger partial charge in [-0.15, -0.1) is 24.0 Å². The first-order valence-corrected chi connectivity index (χ1v) is 7.42. The number of unbranched alkanes of at least 4 members (excludes halogenated alkanes) is 3. The van der Waals surface area contributed by atoms with Crippen molar-refractivity contribution in [2.75, 3.05) is 7.05 Å². The molecule has 6 nitrogen and oxygen atoms in total. The third-order valence-electron chi connectivity index (χ3n) is 3.07. The van der Waals surface area contributed by atoms with Crippen molar-refractivity contribution in [1.29, 1.82) is 0 Å². The molecule has 0 bridgehead atoms. The third-order valence-corrected chi connectivity index (χ3v) is 3.07. The Morgan fingerprint density at radius 2 is 2.10 bits per heavy atom. The molecule has 2 N–H and O–H groups in total. The Hall–Kier alpha value is -0.860. The number of hydrogen-bond acceptors (Lipinski definition) is 4. The SMILES string of the molecule is CCCCCCC(C)NC(=NC)NCc1nc(C)no1.I. The molecule has 0 saturated heterocycles. The van der Waals surface area contributed by atoms with Crippen molar-refractivity contribution in [2.45, 2.75) is 65.5 Å². The number of nitrogens with zero attached hydrogens (tertiary/aromatic N) is 3. The van der Waals surface area contributed by atoms with E-state index >= 15 is 0 Å². The lowest BCUT2D eigenvalue weighted by Crippen LogP contribution is -2.41. The number of hydrogen-bond donors (Lipinski definition) is 2. The van der Waals surface area contributed by atoms with Crippen LogP contribution in [-0.4, -0.2) is 29.2 Å². The van der Waals surface area contributed by atoms with E-state index in [4.69, 9.17) is 4.52 Å². The Morgan fingerprint density at radius 1 is 1.33 bits per heavy atom. The van der Waals surface area contributed by atoms with Gasteiger partial charge in [0.1, 0.15) is 0 Å². The number of aromatic nitrogens is 2. The molecular weight excluding hydrogens is 381 g/mol. The maximum Gasteiger partial charge on any atom is 0.246 e. The lowest BCUT2D eigenvalue weighted by atomic mass is 10.1. The molecule has 0 radical (unpaired) electrons. The molecule has 0 fully saturated rings. The van der Waals surface area contributed by atoms with Crippen LogP contribution in [0.25, 0.3) is 0 Å². The molecule has 0 aliphatic carbocycles. The van der Waals surface area contributed by atoms with Gasteiger partial charge < -0.3 is 15.2 Å². The molecule has 0 aromatic carbocycles. The fraction of sp³-hybridized carbons (Fsp3) is 0.786. The first-order chi connectivity index (χ1) is 9.65. The van der Waals surface area contributed by atoms with Gasteiger partial charge in [-0.25, -0.2) is 0 Å². The minimum Gasteiger partial charge on any atom is -0.354 e. The van der Waals surface area contributed by atoms with Gasteiger partial charge in [0.2, 0.25) is 5.89 Å². The standard InChI is InChI=1S/C14H27N5O.HI/c1-5-6-7-8-9-11(2)17-14(15-4)16-10-13-18-12(3)19-20-13;/h11H,5-10H2,1-4H3,(H2,15,16,17);1H. The Balaban J connectivity index is 0.00000400. The molecule has 21 heavy (non-hydrogen) atoms. The van der Waals surface area contributed by atoms with Gasteiger partial charge in [-0.1, -0.05) is 37.8 Å². The number of guanidine groups is 1. The molecule has 122 valence electrons. The molecule has 0 amide bonds. The van der Waals surface area contributed by atoms with E-state index in [1.807, 2.05) is 0 Å². The molecule has 1 aromatic heterocycles. The van der Waals surface area contributed by atoms with Crippen molar-refractivity contribution in [3.05, 3.63) is 11.7 Å². The molecule has 0 aliphatic heterocycles. The first kappa shape index (κ1) is 20.1. The first-order valence-electron chi connectivity index (χ1n) is 7.42. The number of nitrogens with one attached hydrogen (secondary N) is 2. The summed E-state index contributed by atoms with van der Waals surface area (Å²) in [7, 11) is 1.76. The van der Waals surface area contributed by atoms with E-state index in [9.17, 15) is 0 Å². The zero-order valence-corrected chi connectivity index (χ0v) is 15.8. The van der Waals surface area contributed by atoms with E-state index in [2.05, 4.69) is 39.6 Å². The zero-order valence-electron chi connectivity index (χ0n) is 13.5. The number of rotatable bonds is 8. The predicted octanol–water partition coefficient (Wildman–Crippen LogP) is 3.02. The quantitative estimate of drug-likeness (QED) is 0.299. The molecule has 1 unspecified atom stereocenters. The highest BCUT2D eigenvalue weighted by atomic mass is 127. The summed E-state index contributed by atoms with van der Waals surface area (Å²) in [5, 5.41) is 10.3. The second-order valence-electron chi connectivity index (χ2n) is 5.06. The molecule has 0 saturated carbocycles. The maximum atomic E-state index is 5.05. The van der Waals surface area contributed by atoms with E-state index in [0.29, 0.717) is 24.3 Å². The summed E-state index contributed by atoms with van der Waals surface area (Å²) in [6.07, 6.45) is 6.29. The van der Waals surface area contributed by atoms with E-state index < -0.39 is 0 Å². The van der Waals surface area contributed by atoms with Gasteiger partial charge in [0.15, 0.2) is 11.8 Å². The van der Waals surface area contributed by atoms with Gasteiger partial charge in [0.05, 0.1) is 6.54 Å². The van der Waals surface area contributed by atoms with Crippen molar-refractivity contribution < 1.29 is 4.52 Å². The molecule has 1 rings (SSSR count). The molecule has 1 aromatic rings. The van der Waals surface area contributed by atoms with E-state index in [1.165, 1.54) is 25.7 Å². The van der Waals surface area contributed by atoms with Crippen molar-refractivity contribution >= 4 is 29.9 Å². The minimum atomic E-state index is 0. The summed E-state index contributed by atoms with van der Waals surface area (Å²) in [5.41, 5.74) is 0. The van der Waals surface area contributed by atoms with Crippen LogP contribution >= 0.6 is 24.0 Å². The van der Waals surface area contributed by atoms with Crippen molar-refractivity contribution in [3.63, 3.8) is 0 Å². The van der Waals surface area contributed by atoms with E-state index in [-0.39, 0.29) is 24.0 Å². The Bertz CT molecular complexity index is 408. The Labute approximate surface area is 144 Å².